The maximum atomic E-state index is 12.3. The average Bonchev–Trinajstić information content (AvgIpc) is 3.03. The molecule has 0 saturated heterocycles. The van der Waals surface area contributed by atoms with Gasteiger partial charge in [-0.3, -0.25) is 4.79 Å². The molecule has 0 bridgehead atoms. The number of carbonyl (C=O) groups excluding carboxylic acids is 2. The van der Waals surface area contributed by atoms with Crippen LogP contribution >= 0.6 is 0 Å². The zero-order valence-corrected chi connectivity index (χ0v) is 12.8. The van der Waals surface area contributed by atoms with Crippen LogP contribution in [0.3, 0.4) is 0 Å². The number of esters is 1. The standard InChI is InChI=1S/C18H17NO4/c1-2-22-18(21)12-3-6-15(7-4-12)19-17(20)14-5-8-16-13(11-14)9-10-23-16/h3-8,11H,2,9-10H2,1H3,(H,19,20). The summed E-state index contributed by atoms with van der Waals surface area (Å²) in [6, 6.07) is 12.0. The molecule has 23 heavy (non-hydrogen) atoms. The Balaban J connectivity index is 1.69. The average molecular weight is 311 g/mol. The molecule has 0 radical (unpaired) electrons. The van der Waals surface area contributed by atoms with E-state index in [1.165, 1.54) is 0 Å². The predicted octanol–water partition coefficient (Wildman–Crippen LogP) is 3.05. The quantitative estimate of drug-likeness (QED) is 0.881. The smallest absolute Gasteiger partial charge is 0.338 e. The fraction of sp³-hybridized carbons (Fsp3) is 0.222. The Bertz CT molecular complexity index is 737. The van der Waals surface area contributed by atoms with Gasteiger partial charge in [-0.05, 0) is 55.0 Å². The van der Waals surface area contributed by atoms with E-state index in [9.17, 15) is 9.59 Å². The highest BCUT2D eigenvalue weighted by molar-refractivity contribution is 6.04. The molecule has 0 atom stereocenters. The van der Waals surface area contributed by atoms with Crippen molar-refractivity contribution in [1.82, 2.24) is 0 Å². The highest BCUT2D eigenvalue weighted by Gasteiger charge is 2.15. The third-order valence-corrected chi connectivity index (χ3v) is 3.61. The van der Waals surface area contributed by atoms with E-state index in [1.807, 2.05) is 12.1 Å². The summed E-state index contributed by atoms with van der Waals surface area (Å²) >= 11 is 0. The first-order valence-electron chi connectivity index (χ1n) is 7.51. The van der Waals surface area contributed by atoms with Crippen molar-refractivity contribution in [3.8, 4) is 5.75 Å². The molecular weight excluding hydrogens is 294 g/mol. The number of nitrogens with one attached hydrogen (secondary N) is 1. The minimum absolute atomic E-state index is 0.191. The topological polar surface area (TPSA) is 64.6 Å². The molecule has 0 aliphatic carbocycles. The summed E-state index contributed by atoms with van der Waals surface area (Å²) in [6.45, 7) is 2.75. The number of anilines is 1. The Kier molecular flexibility index (Phi) is 4.28. The van der Waals surface area contributed by atoms with Gasteiger partial charge in [-0.1, -0.05) is 0 Å². The molecule has 0 saturated carbocycles. The molecule has 5 heteroatoms. The summed E-state index contributed by atoms with van der Waals surface area (Å²) in [6.07, 6.45) is 0.824. The molecular formula is C18H17NO4. The molecule has 3 rings (SSSR count). The highest BCUT2D eigenvalue weighted by Crippen LogP contribution is 2.26. The first-order valence-corrected chi connectivity index (χ1v) is 7.51. The van der Waals surface area contributed by atoms with Crippen molar-refractivity contribution in [2.75, 3.05) is 18.5 Å². The van der Waals surface area contributed by atoms with Crippen LogP contribution in [0, 0.1) is 0 Å². The molecule has 1 amide bonds. The van der Waals surface area contributed by atoms with E-state index in [0.717, 1.165) is 17.7 Å². The summed E-state index contributed by atoms with van der Waals surface area (Å²) < 4.78 is 10.4. The van der Waals surface area contributed by atoms with Crippen LogP contribution in [0.1, 0.15) is 33.2 Å². The first-order chi connectivity index (χ1) is 11.2. The number of rotatable bonds is 4. The van der Waals surface area contributed by atoms with Crippen molar-refractivity contribution in [2.24, 2.45) is 0 Å². The second kappa shape index (κ2) is 6.52. The molecule has 1 N–H and O–H groups in total. The van der Waals surface area contributed by atoms with Crippen molar-refractivity contribution < 1.29 is 19.1 Å². The molecule has 0 fully saturated rings. The van der Waals surface area contributed by atoms with Gasteiger partial charge in [0.25, 0.3) is 5.91 Å². The number of benzene rings is 2. The minimum Gasteiger partial charge on any atom is -0.493 e. The molecule has 5 nitrogen and oxygen atoms in total. The van der Waals surface area contributed by atoms with E-state index in [4.69, 9.17) is 9.47 Å². The van der Waals surface area contributed by atoms with Gasteiger partial charge in [-0.25, -0.2) is 4.79 Å². The van der Waals surface area contributed by atoms with Crippen LogP contribution in [0.2, 0.25) is 0 Å². The van der Waals surface area contributed by atoms with Crippen molar-refractivity contribution in [3.05, 3.63) is 59.2 Å². The normalized spacial score (nSPS) is 12.2. The number of carbonyl (C=O) groups is 2. The lowest BCUT2D eigenvalue weighted by molar-refractivity contribution is 0.0526. The monoisotopic (exact) mass is 311 g/mol. The molecule has 0 aromatic heterocycles. The number of fused-ring (bicyclic) bond motifs is 1. The van der Waals surface area contributed by atoms with Crippen LogP contribution in [0.4, 0.5) is 5.69 Å². The third kappa shape index (κ3) is 3.34. The lowest BCUT2D eigenvalue weighted by atomic mass is 10.1. The van der Waals surface area contributed by atoms with E-state index < -0.39 is 0 Å². The number of hydrogen-bond acceptors (Lipinski definition) is 4. The molecule has 1 aliphatic rings. The predicted molar refractivity (Wildman–Crippen MR) is 86.0 cm³/mol. The van der Waals surface area contributed by atoms with E-state index in [-0.39, 0.29) is 11.9 Å². The van der Waals surface area contributed by atoms with Crippen LogP contribution in [-0.2, 0) is 11.2 Å². The molecule has 1 aliphatic heterocycles. The lowest BCUT2D eigenvalue weighted by Crippen LogP contribution is -2.12. The third-order valence-electron chi connectivity index (χ3n) is 3.61. The largest absolute Gasteiger partial charge is 0.493 e. The zero-order chi connectivity index (χ0) is 16.2. The second-order valence-corrected chi connectivity index (χ2v) is 5.17. The van der Waals surface area contributed by atoms with Gasteiger partial charge in [0, 0.05) is 17.7 Å². The van der Waals surface area contributed by atoms with Crippen LogP contribution in [0.25, 0.3) is 0 Å². The lowest BCUT2D eigenvalue weighted by Gasteiger charge is -2.07. The summed E-state index contributed by atoms with van der Waals surface area (Å²) in [7, 11) is 0. The van der Waals surface area contributed by atoms with Gasteiger partial charge in [0.05, 0.1) is 18.8 Å². The van der Waals surface area contributed by atoms with Crippen molar-refractivity contribution in [3.63, 3.8) is 0 Å². The fourth-order valence-electron chi connectivity index (χ4n) is 2.44. The minimum atomic E-state index is -0.371. The summed E-state index contributed by atoms with van der Waals surface area (Å²) in [5.41, 5.74) is 2.72. The van der Waals surface area contributed by atoms with Gasteiger partial charge in [-0.2, -0.15) is 0 Å². The van der Waals surface area contributed by atoms with Gasteiger partial charge in [0.1, 0.15) is 5.75 Å². The molecule has 2 aromatic rings. The van der Waals surface area contributed by atoms with Crippen molar-refractivity contribution in [2.45, 2.75) is 13.3 Å². The number of hydrogen-bond donors (Lipinski definition) is 1. The van der Waals surface area contributed by atoms with Gasteiger partial charge in [0.2, 0.25) is 0 Å². The number of amides is 1. The maximum Gasteiger partial charge on any atom is 0.338 e. The molecule has 2 aromatic carbocycles. The van der Waals surface area contributed by atoms with Crippen molar-refractivity contribution in [1.29, 1.82) is 0 Å². The van der Waals surface area contributed by atoms with E-state index in [1.54, 1.807) is 37.3 Å². The summed E-state index contributed by atoms with van der Waals surface area (Å²) in [5.74, 6) is 0.285. The molecule has 1 heterocycles. The zero-order valence-electron chi connectivity index (χ0n) is 12.8. The molecule has 0 spiro atoms. The van der Waals surface area contributed by atoms with Crippen LogP contribution in [0.15, 0.2) is 42.5 Å². The number of ether oxygens (including phenoxy) is 2. The van der Waals surface area contributed by atoms with E-state index >= 15 is 0 Å². The summed E-state index contributed by atoms with van der Waals surface area (Å²) in [5, 5.41) is 2.82. The second-order valence-electron chi connectivity index (χ2n) is 5.17. The van der Waals surface area contributed by atoms with Crippen LogP contribution in [0.5, 0.6) is 5.75 Å². The molecule has 0 unspecified atom stereocenters. The Labute approximate surface area is 134 Å². The Morgan fingerprint density at radius 2 is 1.87 bits per heavy atom. The van der Waals surface area contributed by atoms with E-state index in [0.29, 0.717) is 30.0 Å². The van der Waals surface area contributed by atoms with Crippen LogP contribution in [-0.4, -0.2) is 25.1 Å². The SMILES string of the molecule is CCOC(=O)c1ccc(NC(=O)c2ccc3c(c2)CCO3)cc1. The highest BCUT2D eigenvalue weighted by atomic mass is 16.5. The van der Waals surface area contributed by atoms with Gasteiger partial charge < -0.3 is 14.8 Å². The van der Waals surface area contributed by atoms with E-state index in [2.05, 4.69) is 5.32 Å². The Morgan fingerprint density at radius 1 is 1.13 bits per heavy atom. The Morgan fingerprint density at radius 3 is 2.61 bits per heavy atom. The van der Waals surface area contributed by atoms with Gasteiger partial charge >= 0.3 is 5.97 Å². The van der Waals surface area contributed by atoms with Gasteiger partial charge in [-0.15, -0.1) is 0 Å². The molecule has 118 valence electrons. The summed E-state index contributed by atoms with van der Waals surface area (Å²) in [4.78, 5) is 23.9. The van der Waals surface area contributed by atoms with Gasteiger partial charge in [0.15, 0.2) is 0 Å². The van der Waals surface area contributed by atoms with Crippen molar-refractivity contribution >= 4 is 17.6 Å². The first kappa shape index (κ1) is 15.1. The van der Waals surface area contributed by atoms with Crippen LogP contribution < -0.4 is 10.1 Å². The Hall–Kier alpha value is -2.82. The maximum absolute atomic E-state index is 12.3. The fourth-order valence-corrected chi connectivity index (χ4v) is 2.44.